The average molecular weight is 271 g/mol. The first-order valence-corrected chi connectivity index (χ1v) is 5.68. The number of esters is 1. The van der Waals surface area contributed by atoms with Crippen LogP contribution in [0.5, 0.6) is 0 Å². The van der Waals surface area contributed by atoms with E-state index in [2.05, 4.69) is 9.97 Å². The van der Waals surface area contributed by atoms with Crippen LogP contribution in [0, 0.1) is 0 Å². The second-order valence-electron chi connectivity index (χ2n) is 3.20. The summed E-state index contributed by atoms with van der Waals surface area (Å²) in [6.07, 6.45) is 0. The van der Waals surface area contributed by atoms with Crippen molar-refractivity contribution < 1.29 is 9.53 Å². The van der Waals surface area contributed by atoms with Gasteiger partial charge in [-0.3, -0.25) is 0 Å². The minimum Gasteiger partial charge on any atom is -0.462 e. The van der Waals surface area contributed by atoms with Gasteiger partial charge in [-0.1, -0.05) is 17.7 Å². The number of halogens is 2. The van der Waals surface area contributed by atoms with E-state index in [1.54, 1.807) is 25.1 Å². The molecule has 0 unspecified atom stereocenters. The summed E-state index contributed by atoms with van der Waals surface area (Å²) in [5, 5.41) is 0.643. The van der Waals surface area contributed by atoms with Gasteiger partial charge in [0.1, 0.15) is 5.15 Å². The van der Waals surface area contributed by atoms with Gasteiger partial charge in [0.15, 0.2) is 0 Å². The topological polar surface area (TPSA) is 52.1 Å². The lowest BCUT2D eigenvalue weighted by atomic mass is 10.1. The fourth-order valence-electron chi connectivity index (χ4n) is 1.49. The van der Waals surface area contributed by atoms with Gasteiger partial charge in [0.2, 0.25) is 5.28 Å². The molecule has 2 aromatic rings. The molecule has 0 amide bonds. The number of ether oxygens (including phenoxy) is 1. The molecule has 1 aromatic heterocycles. The predicted molar refractivity (Wildman–Crippen MR) is 65.5 cm³/mol. The summed E-state index contributed by atoms with van der Waals surface area (Å²) in [7, 11) is 0. The van der Waals surface area contributed by atoms with Crippen LogP contribution < -0.4 is 0 Å². The molecule has 1 aromatic carbocycles. The first-order valence-electron chi connectivity index (χ1n) is 4.92. The van der Waals surface area contributed by atoms with Crippen molar-refractivity contribution in [3.8, 4) is 0 Å². The Kier molecular flexibility index (Phi) is 3.45. The van der Waals surface area contributed by atoms with Gasteiger partial charge in [0, 0.05) is 0 Å². The van der Waals surface area contributed by atoms with Gasteiger partial charge in [-0.15, -0.1) is 0 Å². The zero-order valence-corrected chi connectivity index (χ0v) is 10.4. The summed E-state index contributed by atoms with van der Waals surface area (Å²) in [5.74, 6) is -0.453. The molecule has 0 fully saturated rings. The van der Waals surface area contributed by atoms with E-state index in [1.165, 1.54) is 0 Å². The highest BCUT2D eigenvalue weighted by atomic mass is 35.5. The fraction of sp³-hybridized carbons (Fsp3) is 0.182. The Bertz CT molecular complexity index is 587. The summed E-state index contributed by atoms with van der Waals surface area (Å²) in [4.78, 5) is 19.5. The smallest absolute Gasteiger partial charge is 0.338 e. The number of hydrogen-bond acceptors (Lipinski definition) is 4. The maximum absolute atomic E-state index is 11.7. The third-order valence-corrected chi connectivity index (χ3v) is 2.59. The Balaban J connectivity index is 2.68. The Morgan fingerprint density at radius 2 is 2.12 bits per heavy atom. The lowest BCUT2D eigenvalue weighted by Gasteiger charge is -2.06. The Morgan fingerprint density at radius 1 is 1.35 bits per heavy atom. The molecule has 0 aliphatic carbocycles. The molecule has 0 saturated carbocycles. The minimum atomic E-state index is -0.453. The molecule has 0 aliphatic rings. The molecule has 2 rings (SSSR count). The first-order chi connectivity index (χ1) is 8.13. The lowest BCUT2D eigenvalue weighted by molar-refractivity contribution is 0.0528. The minimum absolute atomic E-state index is 0.0449. The lowest BCUT2D eigenvalue weighted by Crippen LogP contribution is -2.06. The van der Waals surface area contributed by atoms with Crippen molar-refractivity contribution >= 4 is 40.1 Å². The monoisotopic (exact) mass is 270 g/mol. The van der Waals surface area contributed by atoms with Gasteiger partial charge in [-0.25, -0.2) is 14.8 Å². The highest BCUT2D eigenvalue weighted by Gasteiger charge is 2.15. The molecule has 88 valence electrons. The molecule has 4 nitrogen and oxygen atoms in total. The largest absolute Gasteiger partial charge is 0.462 e. The average Bonchev–Trinajstić information content (AvgIpc) is 2.28. The number of carbonyl (C=O) groups is 1. The number of benzene rings is 1. The van der Waals surface area contributed by atoms with Crippen molar-refractivity contribution in [1.82, 2.24) is 9.97 Å². The molecule has 17 heavy (non-hydrogen) atoms. The Hall–Kier alpha value is -1.39. The van der Waals surface area contributed by atoms with E-state index in [1.807, 2.05) is 0 Å². The van der Waals surface area contributed by atoms with Gasteiger partial charge in [-0.2, -0.15) is 0 Å². The van der Waals surface area contributed by atoms with Crippen LogP contribution >= 0.6 is 23.2 Å². The van der Waals surface area contributed by atoms with E-state index in [0.29, 0.717) is 23.1 Å². The van der Waals surface area contributed by atoms with E-state index in [4.69, 9.17) is 27.9 Å². The SMILES string of the molecule is CCOC(=O)c1cccc2nc(Cl)nc(Cl)c12. The van der Waals surface area contributed by atoms with Gasteiger partial charge >= 0.3 is 5.97 Å². The predicted octanol–water partition coefficient (Wildman–Crippen LogP) is 3.11. The number of nitrogens with zero attached hydrogens (tertiary/aromatic N) is 2. The summed E-state index contributed by atoms with van der Waals surface area (Å²) in [6.45, 7) is 2.03. The number of aromatic nitrogens is 2. The van der Waals surface area contributed by atoms with Gasteiger partial charge in [-0.05, 0) is 30.7 Å². The van der Waals surface area contributed by atoms with Crippen LogP contribution in [0.25, 0.3) is 10.9 Å². The fourth-order valence-corrected chi connectivity index (χ4v) is 1.99. The van der Waals surface area contributed by atoms with E-state index in [-0.39, 0.29) is 10.4 Å². The van der Waals surface area contributed by atoms with E-state index in [0.717, 1.165) is 0 Å². The quantitative estimate of drug-likeness (QED) is 0.478. The third kappa shape index (κ3) is 2.33. The zero-order chi connectivity index (χ0) is 12.4. The summed E-state index contributed by atoms with van der Waals surface area (Å²) in [5.41, 5.74) is 0.853. The van der Waals surface area contributed by atoms with Crippen molar-refractivity contribution in [2.24, 2.45) is 0 Å². The molecule has 0 spiro atoms. The maximum Gasteiger partial charge on any atom is 0.338 e. The van der Waals surface area contributed by atoms with Crippen molar-refractivity contribution in [3.63, 3.8) is 0 Å². The van der Waals surface area contributed by atoms with Crippen LogP contribution in [0.2, 0.25) is 10.4 Å². The number of fused-ring (bicyclic) bond motifs is 1. The van der Waals surface area contributed by atoms with E-state index >= 15 is 0 Å². The molecule has 0 N–H and O–H groups in total. The highest BCUT2D eigenvalue weighted by Crippen LogP contribution is 2.26. The Labute approximate surface area is 108 Å². The van der Waals surface area contributed by atoms with Crippen LogP contribution in [-0.2, 0) is 4.74 Å². The van der Waals surface area contributed by atoms with Crippen molar-refractivity contribution in [2.75, 3.05) is 6.61 Å². The normalized spacial score (nSPS) is 10.5. The first kappa shape index (κ1) is 12.1. The van der Waals surface area contributed by atoms with E-state index in [9.17, 15) is 4.79 Å². The maximum atomic E-state index is 11.7. The van der Waals surface area contributed by atoms with Crippen molar-refractivity contribution in [2.45, 2.75) is 6.92 Å². The Morgan fingerprint density at radius 3 is 2.82 bits per heavy atom. The van der Waals surface area contributed by atoms with Gasteiger partial charge in [0.25, 0.3) is 0 Å². The molecular formula is C11H8Cl2N2O2. The van der Waals surface area contributed by atoms with Gasteiger partial charge < -0.3 is 4.74 Å². The van der Waals surface area contributed by atoms with Crippen LogP contribution in [0.4, 0.5) is 0 Å². The van der Waals surface area contributed by atoms with E-state index < -0.39 is 5.97 Å². The second-order valence-corrected chi connectivity index (χ2v) is 3.90. The number of hydrogen-bond donors (Lipinski definition) is 0. The van der Waals surface area contributed by atoms with Crippen LogP contribution in [0.1, 0.15) is 17.3 Å². The highest BCUT2D eigenvalue weighted by molar-refractivity contribution is 6.36. The summed E-state index contributed by atoms with van der Waals surface area (Å²) in [6, 6.07) is 5.01. The molecule has 0 saturated heterocycles. The molecule has 0 bridgehead atoms. The number of carbonyl (C=O) groups excluding carboxylic acids is 1. The van der Waals surface area contributed by atoms with Crippen LogP contribution in [0.15, 0.2) is 18.2 Å². The molecule has 0 atom stereocenters. The summed E-state index contributed by atoms with van der Waals surface area (Å²) < 4.78 is 4.94. The second kappa shape index (κ2) is 4.85. The molecule has 0 aliphatic heterocycles. The summed E-state index contributed by atoms with van der Waals surface area (Å²) >= 11 is 11.7. The molecule has 0 radical (unpaired) electrons. The van der Waals surface area contributed by atoms with Crippen LogP contribution in [-0.4, -0.2) is 22.5 Å². The van der Waals surface area contributed by atoms with Crippen LogP contribution in [0.3, 0.4) is 0 Å². The number of rotatable bonds is 2. The molecule has 1 heterocycles. The van der Waals surface area contributed by atoms with Gasteiger partial charge in [0.05, 0.1) is 23.1 Å². The standard InChI is InChI=1S/C11H8Cl2N2O2/c1-2-17-10(16)6-4-3-5-7-8(6)9(12)15-11(13)14-7/h3-5H,2H2,1H3. The van der Waals surface area contributed by atoms with Crippen molar-refractivity contribution in [1.29, 1.82) is 0 Å². The molecule has 6 heteroatoms. The molecular weight excluding hydrogens is 263 g/mol. The van der Waals surface area contributed by atoms with Crippen molar-refractivity contribution in [3.05, 3.63) is 34.2 Å². The third-order valence-electron chi connectivity index (χ3n) is 2.15. The zero-order valence-electron chi connectivity index (χ0n) is 8.91.